The molecule has 0 saturated carbocycles. The molecule has 2 N–H and O–H groups in total. The minimum atomic E-state index is -0.0358. The Hall–Kier alpha value is -1.35. The molecule has 2 rings (SSSR count). The minimum Gasteiger partial charge on any atom is -0.348 e. The van der Waals surface area contributed by atoms with E-state index in [0.717, 1.165) is 19.4 Å². The number of hydrogen-bond acceptors (Lipinski definition) is 2. The second-order valence-electron chi connectivity index (χ2n) is 6.23. The second kappa shape index (κ2) is 6.40. The molecule has 1 amide bonds. The Bertz CT molecular complexity index is 484. The van der Waals surface area contributed by atoms with Crippen molar-refractivity contribution in [3.63, 3.8) is 0 Å². The van der Waals surface area contributed by atoms with Gasteiger partial charge in [-0.15, -0.1) is 0 Å². The van der Waals surface area contributed by atoms with Crippen LogP contribution >= 0.6 is 0 Å². The van der Waals surface area contributed by atoms with E-state index in [2.05, 4.69) is 56.5 Å². The predicted octanol–water partition coefficient (Wildman–Crippen LogP) is 2.87. The third-order valence-corrected chi connectivity index (χ3v) is 4.24. The maximum Gasteiger partial charge on any atom is 0.237 e. The van der Waals surface area contributed by atoms with Gasteiger partial charge in [0.25, 0.3) is 0 Å². The average Bonchev–Trinajstić information content (AvgIpc) is 2.41. The molecule has 1 saturated heterocycles. The molecule has 0 radical (unpaired) electrons. The Kier molecular flexibility index (Phi) is 4.81. The Labute approximate surface area is 122 Å². The Balaban J connectivity index is 2.01. The molecule has 0 aromatic heterocycles. The number of carbonyl (C=O) groups is 1. The van der Waals surface area contributed by atoms with E-state index in [0.29, 0.717) is 5.92 Å². The summed E-state index contributed by atoms with van der Waals surface area (Å²) in [6.45, 7) is 9.40. The molecular weight excluding hydrogens is 248 g/mol. The van der Waals surface area contributed by atoms with Crippen LogP contribution in [0, 0.1) is 19.8 Å². The zero-order valence-electron chi connectivity index (χ0n) is 13.0. The van der Waals surface area contributed by atoms with E-state index in [1.54, 1.807) is 0 Å². The normalized spacial score (nSPS) is 24.2. The molecule has 1 aromatic rings. The van der Waals surface area contributed by atoms with Gasteiger partial charge in [0.05, 0.1) is 12.1 Å². The van der Waals surface area contributed by atoms with Crippen LogP contribution in [0.4, 0.5) is 0 Å². The monoisotopic (exact) mass is 274 g/mol. The molecular formula is C17H26N2O. The van der Waals surface area contributed by atoms with Gasteiger partial charge in [-0.3, -0.25) is 4.79 Å². The third-order valence-electron chi connectivity index (χ3n) is 4.24. The molecule has 1 aromatic carbocycles. The number of rotatable bonds is 3. The summed E-state index contributed by atoms with van der Waals surface area (Å²) in [5, 5.41) is 6.47. The van der Waals surface area contributed by atoms with E-state index in [4.69, 9.17) is 0 Å². The lowest BCUT2D eigenvalue weighted by Crippen LogP contribution is -2.48. The molecule has 3 heteroatoms. The highest BCUT2D eigenvalue weighted by Gasteiger charge is 2.25. The van der Waals surface area contributed by atoms with Gasteiger partial charge in [0.2, 0.25) is 5.91 Å². The molecule has 3 nitrogen and oxygen atoms in total. The van der Waals surface area contributed by atoms with Gasteiger partial charge in [-0.05, 0) is 57.2 Å². The van der Waals surface area contributed by atoms with Crippen LogP contribution in [0.2, 0.25) is 0 Å². The number of amides is 1. The van der Waals surface area contributed by atoms with E-state index in [9.17, 15) is 4.79 Å². The van der Waals surface area contributed by atoms with Gasteiger partial charge in [0, 0.05) is 0 Å². The highest BCUT2D eigenvalue weighted by molar-refractivity contribution is 5.82. The van der Waals surface area contributed by atoms with Gasteiger partial charge in [-0.1, -0.05) is 30.7 Å². The van der Waals surface area contributed by atoms with E-state index < -0.39 is 0 Å². The topological polar surface area (TPSA) is 41.1 Å². The quantitative estimate of drug-likeness (QED) is 0.890. The van der Waals surface area contributed by atoms with Crippen LogP contribution in [0.15, 0.2) is 18.2 Å². The standard InChI is InChI=1S/C17H26N2O/c1-11-5-6-13(3)15(9-11)14(4)19-17(20)16-10-12(2)7-8-18-16/h5-6,9,12,14,16,18H,7-8,10H2,1-4H3,(H,19,20). The van der Waals surface area contributed by atoms with E-state index in [-0.39, 0.29) is 18.0 Å². The molecule has 20 heavy (non-hydrogen) atoms. The molecule has 3 unspecified atom stereocenters. The van der Waals surface area contributed by atoms with Crippen molar-refractivity contribution in [1.82, 2.24) is 10.6 Å². The molecule has 1 heterocycles. The van der Waals surface area contributed by atoms with Crippen molar-refractivity contribution < 1.29 is 4.79 Å². The van der Waals surface area contributed by atoms with Crippen molar-refractivity contribution in [3.8, 4) is 0 Å². The summed E-state index contributed by atoms with van der Waals surface area (Å²) in [7, 11) is 0. The summed E-state index contributed by atoms with van der Waals surface area (Å²) in [5.74, 6) is 0.757. The van der Waals surface area contributed by atoms with Crippen molar-refractivity contribution in [1.29, 1.82) is 0 Å². The van der Waals surface area contributed by atoms with Gasteiger partial charge in [0.1, 0.15) is 0 Å². The SMILES string of the molecule is Cc1ccc(C)c(C(C)NC(=O)C2CC(C)CCN2)c1. The van der Waals surface area contributed by atoms with Crippen LogP contribution in [0.1, 0.15) is 49.4 Å². The van der Waals surface area contributed by atoms with Gasteiger partial charge < -0.3 is 10.6 Å². The average molecular weight is 274 g/mol. The molecule has 1 aliphatic rings. The maximum atomic E-state index is 12.4. The first kappa shape index (κ1) is 15.0. The summed E-state index contributed by atoms with van der Waals surface area (Å²) in [4.78, 5) is 12.4. The highest BCUT2D eigenvalue weighted by atomic mass is 16.2. The number of piperidine rings is 1. The molecule has 0 spiro atoms. The highest BCUT2D eigenvalue weighted by Crippen LogP contribution is 2.20. The fraction of sp³-hybridized carbons (Fsp3) is 0.588. The minimum absolute atomic E-state index is 0.0358. The lowest BCUT2D eigenvalue weighted by Gasteiger charge is -2.28. The predicted molar refractivity (Wildman–Crippen MR) is 82.7 cm³/mol. The van der Waals surface area contributed by atoms with Crippen molar-refractivity contribution in [2.24, 2.45) is 5.92 Å². The lowest BCUT2D eigenvalue weighted by atomic mass is 9.93. The van der Waals surface area contributed by atoms with Gasteiger partial charge >= 0.3 is 0 Å². The van der Waals surface area contributed by atoms with Crippen LogP contribution in [-0.2, 0) is 4.79 Å². The number of hydrogen-bond donors (Lipinski definition) is 2. The van der Waals surface area contributed by atoms with Crippen LogP contribution in [0.3, 0.4) is 0 Å². The van der Waals surface area contributed by atoms with Crippen molar-refractivity contribution in [3.05, 3.63) is 34.9 Å². The Morgan fingerprint density at radius 3 is 2.85 bits per heavy atom. The number of aryl methyl sites for hydroxylation is 2. The van der Waals surface area contributed by atoms with Crippen LogP contribution in [0.25, 0.3) is 0 Å². The van der Waals surface area contributed by atoms with E-state index in [1.165, 1.54) is 16.7 Å². The zero-order valence-corrected chi connectivity index (χ0v) is 13.0. The van der Waals surface area contributed by atoms with Crippen LogP contribution in [0.5, 0.6) is 0 Å². The van der Waals surface area contributed by atoms with Crippen molar-refractivity contribution in [2.45, 2.75) is 52.6 Å². The summed E-state index contributed by atoms with van der Waals surface area (Å²) in [6.07, 6.45) is 2.10. The fourth-order valence-electron chi connectivity index (χ4n) is 2.93. The van der Waals surface area contributed by atoms with Gasteiger partial charge in [0.15, 0.2) is 0 Å². The first-order chi connectivity index (χ1) is 9.47. The molecule has 3 atom stereocenters. The third kappa shape index (κ3) is 3.60. The largest absolute Gasteiger partial charge is 0.348 e. The second-order valence-corrected chi connectivity index (χ2v) is 6.23. The van der Waals surface area contributed by atoms with Crippen LogP contribution in [-0.4, -0.2) is 18.5 Å². The zero-order chi connectivity index (χ0) is 14.7. The van der Waals surface area contributed by atoms with Gasteiger partial charge in [-0.25, -0.2) is 0 Å². The maximum absolute atomic E-state index is 12.4. The summed E-state index contributed by atoms with van der Waals surface area (Å²) < 4.78 is 0. The summed E-state index contributed by atoms with van der Waals surface area (Å²) in [6, 6.07) is 6.41. The lowest BCUT2D eigenvalue weighted by molar-refractivity contribution is -0.124. The Morgan fingerprint density at radius 1 is 1.40 bits per heavy atom. The molecule has 0 aliphatic carbocycles. The van der Waals surface area contributed by atoms with Crippen molar-refractivity contribution >= 4 is 5.91 Å². The molecule has 1 aliphatic heterocycles. The van der Waals surface area contributed by atoms with E-state index in [1.807, 2.05) is 0 Å². The summed E-state index contributed by atoms with van der Waals surface area (Å²) >= 11 is 0. The molecule has 0 bridgehead atoms. The first-order valence-electron chi connectivity index (χ1n) is 7.58. The van der Waals surface area contributed by atoms with Crippen LogP contribution < -0.4 is 10.6 Å². The number of benzene rings is 1. The summed E-state index contributed by atoms with van der Waals surface area (Å²) in [5.41, 5.74) is 3.67. The number of carbonyl (C=O) groups excluding carboxylic acids is 1. The smallest absolute Gasteiger partial charge is 0.237 e. The van der Waals surface area contributed by atoms with E-state index >= 15 is 0 Å². The molecule has 110 valence electrons. The molecule has 1 fully saturated rings. The first-order valence-corrected chi connectivity index (χ1v) is 7.58. The fourth-order valence-corrected chi connectivity index (χ4v) is 2.93. The van der Waals surface area contributed by atoms with Crippen molar-refractivity contribution in [2.75, 3.05) is 6.54 Å². The van der Waals surface area contributed by atoms with Gasteiger partial charge in [-0.2, -0.15) is 0 Å². The Morgan fingerprint density at radius 2 is 2.15 bits per heavy atom. The number of nitrogens with one attached hydrogen (secondary N) is 2.